The number of hydrogen-bond acceptors (Lipinski definition) is 7. The lowest BCUT2D eigenvalue weighted by Crippen LogP contribution is -2.58. The van der Waals surface area contributed by atoms with E-state index >= 15 is 0 Å². The van der Waals surface area contributed by atoms with Crippen molar-refractivity contribution in [3.8, 4) is 11.8 Å². The molecule has 0 radical (unpaired) electrons. The second kappa shape index (κ2) is 13.0. The third-order valence-electron chi connectivity index (χ3n) is 8.24. The molecule has 3 aromatic rings. The Morgan fingerprint density at radius 3 is 2.39 bits per heavy atom. The molecule has 1 unspecified atom stereocenters. The molecule has 1 aromatic carbocycles. The van der Waals surface area contributed by atoms with Gasteiger partial charge < -0.3 is 14.5 Å². The fourth-order valence-corrected chi connectivity index (χ4v) is 5.93. The maximum atomic E-state index is 13.9. The number of ether oxygens (including phenoxy) is 1. The van der Waals surface area contributed by atoms with Crippen molar-refractivity contribution in [2.45, 2.75) is 71.7 Å². The van der Waals surface area contributed by atoms with E-state index in [1.165, 1.54) is 22.6 Å². The molecule has 12 nitrogen and oxygen atoms in total. The van der Waals surface area contributed by atoms with E-state index in [4.69, 9.17) is 9.72 Å². The lowest BCUT2D eigenvalue weighted by atomic mass is 10.0. The summed E-state index contributed by atoms with van der Waals surface area (Å²) in [5, 5.41) is 0. The minimum atomic E-state index is -1.08. The normalized spacial score (nSPS) is 17.2. The summed E-state index contributed by atoms with van der Waals surface area (Å²) in [6.07, 6.45) is 1.72. The molecule has 2 aliphatic rings. The van der Waals surface area contributed by atoms with E-state index in [9.17, 15) is 28.0 Å². The zero-order chi connectivity index (χ0) is 33.3. The molecule has 14 heteroatoms. The van der Waals surface area contributed by atoms with E-state index in [1.54, 1.807) is 37.2 Å². The first-order valence-corrected chi connectivity index (χ1v) is 15.4. The Bertz CT molecular complexity index is 1840. The Balaban J connectivity index is 1.42. The van der Waals surface area contributed by atoms with Crippen LogP contribution in [0.25, 0.3) is 11.2 Å². The number of likely N-dealkylation sites (tertiary alicyclic amines) is 1. The smallest absolute Gasteiger partial charge is 0.410 e. The predicted molar refractivity (Wildman–Crippen MR) is 168 cm³/mol. The van der Waals surface area contributed by atoms with Gasteiger partial charge in [-0.2, -0.15) is 4.98 Å². The number of hydrogen-bond donors (Lipinski definition) is 0. The zero-order valence-electron chi connectivity index (χ0n) is 26.8. The molecule has 2 fully saturated rings. The average Bonchev–Trinajstić information content (AvgIpc) is 3.41. The van der Waals surface area contributed by atoms with Crippen LogP contribution in [0, 0.1) is 23.5 Å². The van der Waals surface area contributed by atoms with Crippen LogP contribution in [-0.2, 0) is 29.7 Å². The van der Waals surface area contributed by atoms with E-state index < -0.39 is 40.6 Å². The molecule has 0 bridgehead atoms. The molecule has 0 aliphatic carbocycles. The molecule has 0 N–H and O–H groups in total. The number of benzene rings is 1. The van der Waals surface area contributed by atoms with Crippen LogP contribution in [0.15, 0.2) is 27.8 Å². The first kappa shape index (κ1) is 32.7. The van der Waals surface area contributed by atoms with Crippen molar-refractivity contribution in [3.63, 3.8) is 0 Å². The third kappa shape index (κ3) is 6.49. The number of halogens is 2. The maximum absolute atomic E-state index is 13.9. The van der Waals surface area contributed by atoms with Gasteiger partial charge in [0.25, 0.3) is 5.56 Å². The quantitative estimate of drug-likeness (QED) is 0.395. The molecular formula is C32H39F2N7O5. The van der Waals surface area contributed by atoms with Crippen molar-refractivity contribution in [2.24, 2.45) is 7.05 Å². The van der Waals surface area contributed by atoms with Gasteiger partial charge in [-0.15, -0.1) is 5.92 Å². The molecule has 4 heterocycles. The highest BCUT2D eigenvalue weighted by Crippen LogP contribution is 2.25. The number of anilines is 1. The summed E-state index contributed by atoms with van der Waals surface area (Å²) in [4.78, 5) is 63.6. The van der Waals surface area contributed by atoms with Gasteiger partial charge in [0.1, 0.15) is 11.6 Å². The molecule has 2 aliphatic heterocycles. The number of carbonyl (C=O) groups is 2. The summed E-state index contributed by atoms with van der Waals surface area (Å²) in [5.74, 6) is 4.00. The van der Waals surface area contributed by atoms with E-state index in [-0.39, 0.29) is 35.7 Å². The van der Waals surface area contributed by atoms with Crippen molar-refractivity contribution in [1.29, 1.82) is 0 Å². The molecule has 1 atom stereocenters. The summed E-state index contributed by atoms with van der Waals surface area (Å²) < 4.78 is 36.8. The Hall–Kier alpha value is -4.67. The van der Waals surface area contributed by atoms with E-state index in [2.05, 4.69) is 11.8 Å². The van der Waals surface area contributed by atoms with Crippen molar-refractivity contribution in [2.75, 3.05) is 37.6 Å². The summed E-state index contributed by atoms with van der Waals surface area (Å²) in [6.45, 7) is 8.88. The number of fused-ring (bicyclic) bond motifs is 1. The Labute approximate surface area is 265 Å². The molecule has 46 heavy (non-hydrogen) atoms. The standard InChI is InChI=1S/C32H39F2N7O5/c1-6-7-13-40-25-26(36(5)30(44)41(28(25)43)20-21-11-12-22(33)23(34)19-21)35-29(40)38-17-15-37(16-18-38)27(42)24-10-8-9-14-39(24)31(45)46-32(2,3)4/h11-12,19,24H,8-10,13-18,20H2,1-5H3. The first-order valence-electron chi connectivity index (χ1n) is 15.4. The Morgan fingerprint density at radius 2 is 1.74 bits per heavy atom. The summed E-state index contributed by atoms with van der Waals surface area (Å²) in [5.41, 5.74) is -1.40. The first-order chi connectivity index (χ1) is 21.8. The zero-order valence-corrected chi connectivity index (χ0v) is 26.8. The van der Waals surface area contributed by atoms with Gasteiger partial charge in [-0.1, -0.05) is 12.0 Å². The topological polar surface area (TPSA) is 115 Å². The Kier molecular flexibility index (Phi) is 9.23. The minimum Gasteiger partial charge on any atom is -0.444 e. The van der Waals surface area contributed by atoms with Crippen LogP contribution in [-0.4, -0.2) is 84.9 Å². The van der Waals surface area contributed by atoms with Crippen LogP contribution in [0.3, 0.4) is 0 Å². The summed E-state index contributed by atoms with van der Waals surface area (Å²) >= 11 is 0. The fraction of sp³-hybridized carbons (Fsp3) is 0.531. The highest BCUT2D eigenvalue weighted by atomic mass is 19.2. The van der Waals surface area contributed by atoms with Crippen LogP contribution in [0.1, 0.15) is 52.5 Å². The van der Waals surface area contributed by atoms with Crippen molar-refractivity contribution < 1.29 is 23.1 Å². The number of rotatable bonds is 5. The molecule has 2 aromatic heterocycles. The number of amides is 2. The number of aromatic nitrogens is 4. The van der Waals surface area contributed by atoms with Crippen molar-refractivity contribution >= 4 is 29.1 Å². The van der Waals surface area contributed by atoms with Gasteiger partial charge in [0.05, 0.1) is 13.1 Å². The van der Waals surface area contributed by atoms with E-state index in [0.29, 0.717) is 45.1 Å². The number of nitrogens with zero attached hydrogens (tertiary/aromatic N) is 7. The number of carbonyl (C=O) groups excluding carboxylic acids is 2. The van der Waals surface area contributed by atoms with Crippen LogP contribution in [0.4, 0.5) is 19.5 Å². The van der Waals surface area contributed by atoms with E-state index in [0.717, 1.165) is 29.5 Å². The van der Waals surface area contributed by atoms with Gasteiger partial charge in [-0.25, -0.2) is 18.4 Å². The van der Waals surface area contributed by atoms with Gasteiger partial charge in [0.2, 0.25) is 11.9 Å². The predicted octanol–water partition coefficient (Wildman–Crippen LogP) is 2.68. The summed E-state index contributed by atoms with van der Waals surface area (Å²) in [6, 6.07) is 2.63. The molecule has 0 spiro atoms. The van der Waals surface area contributed by atoms with Gasteiger partial charge >= 0.3 is 11.8 Å². The lowest BCUT2D eigenvalue weighted by molar-refractivity contribution is -0.138. The number of piperidine rings is 1. The number of imidazole rings is 1. The van der Waals surface area contributed by atoms with Crippen molar-refractivity contribution in [3.05, 3.63) is 56.2 Å². The minimum absolute atomic E-state index is 0.118. The second-order valence-corrected chi connectivity index (χ2v) is 12.6. The van der Waals surface area contributed by atoms with Crippen LogP contribution in [0.5, 0.6) is 0 Å². The highest BCUT2D eigenvalue weighted by molar-refractivity contribution is 5.86. The number of piperazine rings is 1. The van der Waals surface area contributed by atoms with Gasteiger partial charge in [0.15, 0.2) is 22.8 Å². The maximum Gasteiger partial charge on any atom is 0.410 e. The average molecular weight is 640 g/mol. The molecule has 2 amide bonds. The van der Waals surface area contributed by atoms with Crippen LogP contribution >= 0.6 is 0 Å². The second-order valence-electron chi connectivity index (χ2n) is 12.6. The van der Waals surface area contributed by atoms with E-state index in [1.807, 2.05) is 4.90 Å². The SMILES string of the molecule is CC#CCn1c(N2CCN(C(=O)C3CCCCN3C(=O)OC(C)(C)C)CC2)nc2c1c(=O)n(Cc1ccc(F)c(F)c1)c(=O)n2C. The molecular weight excluding hydrogens is 600 g/mol. The number of aryl methyl sites for hydroxylation is 1. The monoisotopic (exact) mass is 639 g/mol. The van der Waals surface area contributed by atoms with Crippen molar-refractivity contribution in [1.82, 2.24) is 28.5 Å². The Morgan fingerprint density at radius 1 is 1.02 bits per heavy atom. The fourth-order valence-electron chi connectivity index (χ4n) is 5.93. The largest absolute Gasteiger partial charge is 0.444 e. The van der Waals surface area contributed by atoms with Crippen LogP contribution < -0.4 is 16.1 Å². The van der Waals surface area contributed by atoms with Crippen LogP contribution in [0.2, 0.25) is 0 Å². The lowest BCUT2D eigenvalue weighted by Gasteiger charge is -2.41. The molecule has 5 rings (SSSR count). The highest BCUT2D eigenvalue weighted by Gasteiger charge is 2.38. The molecule has 0 saturated carbocycles. The molecule has 2 saturated heterocycles. The van der Waals surface area contributed by atoms with Gasteiger partial charge in [-0.05, 0) is 64.7 Å². The third-order valence-corrected chi connectivity index (χ3v) is 8.24. The summed E-state index contributed by atoms with van der Waals surface area (Å²) in [7, 11) is 1.50. The molecule has 246 valence electrons. The van der Waals surface area contributed by atoms with Gasteiger partial charge in [0, 0.05) is 39.8 Å². The van der Waals surface area contributed by atoms with Gasteiger partial charge in [-0.3, -0.25) is 28.2 Å².